The highest BCUT2D eigenvalue weighted by Gasteiger charge is 2.20. The average Bonchev–Trinajstić information content (AvgIpc) is 3.67. The molecule has 2 heterocycles. The zero-order chi connectivity index (χ0) is 38.6. The number of methoxy groups -OCH3 is 1. The number of hydrogen-bond donors (Lipinski definition) is 0. The highest BCUT2D eigenvalue weighted by Crippen LogP contribution is 2.40. The summed E-state index contributed by atoms with van der Waals surface area (Å²) in [5.41, 5.74) is 12.6. The maximum atomic E-state index is 5.81. The Labute approximate surface area is 350 Å². The van der Waals surface area contributed by atoms with Gasteiger partial charge in [0.25, 0.3) is 0 Å². The third kappa shape index (κ3) is 8.32. The van der Waals surface area contributed by atoms with Gasteiger partial charge in [0.1, 0.15) is 0 Å². The van der Waals surface area contributed by atoms with E-state index >= 15 is 0 Å². The zero-order valence-electron chi connectivity index (χ0n) is 32.4. The predicted molar refractivity (Wildman–Crippen MR) is 252 cm³/mol. The van der Waals surface area contributed by atoms with Crippen LogP contribution in [-0.2, 0) is 4.74 Å². The van der Waals surface area contributed by atoms with Crippen LogP contribution in [0.15, 0.2) is 200 Å². The first-order valence-corrected chi connectivity index (χ1v) is 19.8. The maximum absolute atomic E-state index is 5.81. The Bertz CT molecular complexity index is 2720. The molecule has 0 N–H and O–H groups in total. The van der Waals surface area contributed by atoms with Gasteiger partial charge in [-0.3, -0.25) is 4.98 Å². The van der Waals surface area contributed by atoms with Gasteiger partial charge >= 0.3 is 0 Å². The Morgan fingerprint density at radius 3 is 1.92 bits per heavy atom. The molecule has 7 aromatic carbocycles. The Balaban J connectivity index is 0.00000264. The van der Waals surface area contributed by atoms with Crippen LogP contribution in [0.3, 0.4) is 0 Å². The molecule has 294 valence electrons. The van der Waals surface area contributed by atoms with Gasteiger partial charge in [-0.25, -0.2) is 0 Å². The Hall–Kier alpha value is -6.75. The molecule has 0 saturated heterocycles. The summed E-state index contributed by atoms with van der Waals surface area (Å²) in [5, 5.41) is 3.66. The SMILES string of the molecule is C.C.COCC(CC(C)c1ccc(-c2ccc(-n3c(-c4ccccc4)cc4ccccc43)cn2)cc1)c1ccc(N(c2ccccc2)c2cccc3ccccc23)cc1. The summed E-state index contributed by atoms with van der Waals surface area (Å²) in [4.78, 5) is 7.32. The van der Waals surface area contributed by atoms with Gasteiger partial charge in [0, 0.05) is 40.7 Å². The number of para-hydroxylation sites is 2. The van der Waals surface area contributed by atoms with E-state index in [1.165, 1.54) is 38.4 Å². The second-order valence-electron chi connectivity index (χ2n) is 14.9. The van der Waals surface area contributed by atoms with E-state index in [0.29, 0.717) is 12.5 Å². The minimum atomic E-state index is 0. The number of anilines is 3. The molecule has 0 spiro atoms. The van der Waals surface area contributed by atoms with Crippen molar-refractivity contribution in [1.82, 2.24) is 9.55 Å². The van der Waals surface area contributed by atoms with Crippen LogP contribution in [0.4, 0.5) is 17.1 Å². The second-order valence-corrected chi connectivity index (χ2v) is 14.9. The summed E-state index contributed by atoms with van der Waals surface area (Å²) in [5.74, 6) is 0.588. The minimum absolute atomic E-state index is 0. The smallest absolute Gasteiger partial charge is 0.0703 e. The fourth-order valence-electron chi connectivity index (χ4n) is 8.29. The molecule has 0 aliphatic rings. The summed E-state index contributed by atoms with van der Waals surface area (Å²) >= 11 is 0. The zero-order valence-corrected chi connectivity index (χ0v) is 32.4. The number of hydrogen-bond acceptors (Lipinski definition) is 3. The molecule has 0 aliphatic carbocycles. The maximum Gasteiger partial charge on any atom is 0.0703 e. The van der Waals surface area contributed by atoms with E-state index in [-0.39, 0.29) is 20.8 Å². The number of fused-ring (bicyclic) bond motifs is 2. The summed E-state index contributed by atoms with van der Waals surface area (Å²) in [6, 6.07) is 69.4. The molecule has 0 amide bonds. The van der Waals surface area contributed by atoms with E-state index in [2.05, 4.69) is 211 Å². The van der Waals surface area contributed by atoms with Crippen molar-refractivity contribution < 1.29 is 4.74 Å². The van der Waals surface area contributed by atoms with Crippen LogP contribution in [0.1, 0.15) is 51.2 Å². The topological polar surface area (TPSA) is 30.3 Å². The second kappa shape index (κ2) is 18.2. The summed E-state index contributed by atoms with van der Waals surface area (Å²) in [7, 11) is 1.80. The lowest BCUT2D eigenvalue weighted by atomic mass is 9.86. The Morgan fingerprint density at radius 2 is 1.20 bits per heavy atom. The molecule has 4 heteroatoms. The molecule has 9 rings (SSSR count). The van der Waals surface area contributed by atoms with E-state index in [0.717, 1.165) is 46.1 Å². The summed E-state index contributed by atoms with van der Waals surface area (Å²) in [6.45, 7) is 2.98. The van der Waals surface area contributed by atoms with E-state index in [1.807, 2.05) is 6.20 Å². The van der Waals surface area contributed by atoms with Gasteiger partial charge in [0.05, 0.1) is 41.1 Å². The third-order valence-electron chi connectivity index (χ3n) is 11.2. The minimum Gasteiger partial charge on any atom is -0.384 e. The van der Waals surface area contributed by atoms with E-state index in [9.17, 15) is 0 Å². The highest BCUT2D eigenvalue weighted by molar-refractivity contribution is 5.99. The van der Waals surface area contributed by atoms with Crippen molar-refractivity contribution >= 4 is 38.7 Å². The molecule has 59 heavy (non-hydrogen) atoms. The van der Waals surface area contributed by atoms with Gasteiger partial charge < -0.3 is 14.2 Å². The first kappa shape index (κ1) is 40.4. The number of rotatable bonds is 12. The molecule has 0 saturated carbocycles. The van der Waals surface area contributed by atoms with Gasteiger partial charge in [0.15, 0.2) is 0 Å². The van der Waals surface area contributed by atoms with Gasteiger partial charge in [-0.15, -0.1) is 0 Å². The highest BCUT2D eigenvalue weighted by atomic mass is 16.5. The van der Waals surface area contributed by atoms with Crippen molar-refractivity contribution in [3.8, 4) is 28.2 Å². The molecule has 2 aromatic heterocycles. The number of aromatic nitrogens is 2. The quantitative estimate of drug-likeness (QED) is 0.124. The van der Waals surface area contributed by atoms with Crippen molar-refractivity contribution in [3.63, 3.8) is 0 Å². The van der Waals surface area contributed by atoms with E-state index in [1.54, 1.807) is 7.11 Å². The molecule has 2 unspecified atom stereocenters. The third-order valence-corrected chi connectivity index (χ3v) is 11.2. The van der Waals surface area contributed by atoms with Crippen LogP contribution in [0.5, 0.6) is 0 Å². The van der Waals surface area contributed by atoms with Gasteiger partial charge in [-0.05, 0) is 89.0 Å². The van der Waals surface area contributed by atoms with Crippen LogP contribution in [-0.4, -0.2) is 23.3 Å². The molecule has 2 atom stereocenters. The van der Waals surface area contributed by atoms with Crippen molar-refractivity contribution in [2.45, 2.75) is 40.0 Å². The van der Waals surface area contributed by atoms with Gasteiger partial charge in [-0.1, -0.05) is 161 Å². The first-order chi connectivity index (χ1) is 28.1. The largest absolute Gasteiger partial charge is 0.384 e. The molecule has 4 nitrogen and oxygen atoms in total. The van der Waals surface area contributed by atoms with Gasteiger partial charge in [-0.2, -0.15) is 0 Å². The lowest BCUT2D eigenvalue weighted by molar-refractivity contribution is 0.173. The molecular formula is C55H53N3O. The van der Waals surface area contributed by atoms with Crippen LogP contribution < -0.4 is 4.90 Å². The summed E-state index contributed by atoms with van der Waals surface area (Å²) in [6.07, 6.45) is 2.96. The van der Waals surface area contributed by atoms with Crippen molar-refractivity contribution in [1.29, 1.82) is 0 Å². The van der Waals surface area contributed by atoms with E-state index < -0.39 is 0 Å². The molecule has 0 bridgehead atoms. The van der Waals surface area contributed by atoms with Crippen LogP contribution in [0.2, 0.25) is 0 Å². The van der Waals surface area contributed by atoms with Crippen molar-refractivity contribution in [3.05, 3.63) is 211 Å². The normalized spacial score (nSPS) is 12.0. The van der Waals surface area contributed by atoms with Crippen molar-refractivity contribution in [2.75, 3.05) is 18.6 Å². The number of benzene rings is 7. The fraction of sp³-hybridized carbons (Fsp3) is 0.145. The van der Waals surface area contributed by atoms with E-state index in [4.69, 9.17) is 9.72 Å². The predicted octanol–water partition coefficient (Wildman–Crippen LogP) is 15.2. The van der Waals surface area contributed by atoms with Crippen LogP contribution >= 0.6 is 0 Å². The van der Waals surface area contributed by atoms with Crippen LogP contribution in [0.25, 0.3) is 49.9 Å². The Kier molecular flexibility index (Phi) is 12.5. The van der Waals surface area contributed by atoms with Crippen molar-refractivity contribution in [2.24, 2.45) is 0 Å². The number of pyridine rings is 1. The monoisotopic (exact) mass is 771 g/mol. The van der Waals surface area contributed by atoms with Crippen LogP contribution in [0, 0.1) is 0 Å². The Morgan fingerprint density at radius 1 is 0.576 bits per heavy atom. The standard InChI is InChI=1S/C53H45N3O.2CH4/c1-38(34-45(37-57-2)40-28-30-47(31-29-40)55(46-19-7-4-8-20-46)52-23-13-18-41-14-9-11-21-49(41)52)39-24-26-42(27-25-39)50-33-32-48(36-54-50)56-51-22-12-10-17-44(51)35-53(56)43-15-5-3-6-16-43;;/h3-33,35-36,38,45H,34,37H2,1-2H3;2*1H4. The molecule has 9 aromatic rings. The number of nitrogens with zero attached hydrogens (tertiary/aromatic N) is 3. The number of ether oxygens (including phenoxy) is 1. The fourth-order valence-corrected chi connectivity index (χ4v) is 8.29. The molecule has 0 aliphatic heterocycles. The molecule has 0 fully saturated rings. The van der Waals surface area contributed by atoms with Gasteiger partial charge in [0.2, 0.25) is 0 Å². The molecular weight excluding hydrogens is 719 g/mol. The first-order valence-electron chi connectivity index (χ1n) is 19.8. The lowest BCUT2D eigenvalue weighted by Gasteiger charge is -2.28. The molecule has 0 radical (unpaired) electrons. The average molecular weight is 772 g/mol. The lowest BCUT2D eigenvalue weighted by Crippen LogP contribution is -2.12. The summed E-state index contributed by atoms with van der Waals surface area (Å²) < 4.78 is 8.11.